The SMILES string of the molecule is CCCCc1nnc(NC(=O)/C(C#N)=C\c2cc(Cl)c(OCCOc3ccccc3)c(OCC)c2)s1. The molecule has 0 spiro atoms. The van der Waals surface area contributed by atoms with Crippen molar-refractivity contribution in [3.8, 4) is 23.3 Å². The van der Waals surface area contributed by atoms with E-state index in [-0.39, 0.29) is 17.2 Å². The van der Waals surface area contributed by atoms with Gasteiger partial charge < -0.3 is 14.2 Å². The molecule has 1 aromatic heterocycles. The number of ether oxygens (including phenoxy) is 3. The van der Waals surface area contributed by atoms with Crippen LogP contribution in [-0.4, -0.2) is 35.9 Å². The minimum atomic E-state index is -0.580. The van der Waals surface area contributed by atoms with Crippen molar-refractivity contribution in [2.45, 2.75) is 33.1 Å². The highest BCUT2D eigenvalue weighted by molar-refractivity contribution is 7.15. The minimum Gasteiger partial charge on any atom is -0.490 e. The lowest BCUT2D eigenvalue weighted by Gasteiger charge is -2.15. The molecule has 0 saturated heterocycles. The summed E-state index contributed by atoms with van der Waals surface area (Å²) in [6, 6.07) is 14.6. The lowest BCUT2D eigenvalue weighted by Crippen LogP contribution is -2.13. The van der Waals surface area contributed by atoms with Crippen LogP contribution in [0.15, 0.2) is 48.0 Å². The van der Waals surface area contributed by atoms with Crippen molar-refractivity contribution in [3.05, 3.63) is 63.6 Å². The van der Waals surface area contributed by atoms with Crippen LogP contribution in [0.25, 0.3) is 6.08 Å². The number of nitriles is 1. The number of aryl methyl sites for hydroxylation is 1. The molecule has 1 amide bonds. The number of para-hydroxylation sites is 1. The van der Waals surface area contributed by atoms with Gasteiger partial charge in [-0.25, -0.2) is 0 Å². The molecular weight excluding hydrogens is 500 g/mol. The van der Waals surface area contributed by atoms with Gasteiger partial charge in [0.2, 0.25) is 5.13 Å². The Morgan fingerprint density at radius 1 is 1.14 bits per heavy atom. The second-order valence-electron chi connectivity index (χ2n) is 7.50. The Morgan fingerprint density at radius 2 is 1.92 bits per heavy atom. The molecule has 10 heteroatoms. The van der Waals surface area contributed by atoms with E-state index in [2.05, 4.69) is 22.4 Å². The van der Waals surface area contributed by atoms with Crippen molar-refractivity contribution in [1.29, 1.82) is 5.26 Å². The van der Waals surface area contributed by atoms with E-state index in [0.717, 1.165) is 30.0 Å². The molecule has 0 aliphatic rings. The topological polar surface area (TPSA) is 106 Å². The van der Waals surface area contributed by atoms with Crippen LogP contribution in [0.3, 0.4) is 0 Å². The van der Waals surface area contributed by atoms with Crippen LogP contribution in [0.1, 0.15) is 37.3 Å². The van der Waals surface area contributed by atoms with E-state index in [4.69, 9.17) is 25.8 Å². The summed E-state index contributed by atoms with van der Waals surface area (Å²) >= 11 is 7.77. The van der Waals surface area contributed by atoms with E-state index in [0.29, 0.717) is 35.4 Å². The van der Waals surface area contributed by atoms with Crippen molar-refractivity contribution >= 4 is 40.1 Å². The molecule has 0 saturated carbocycles. The number of amides is 1. The smallest absolute Gasteiger partial charge is 0.268 e. The number of nitrogens with one attached hydrogen (secondary N) is 1. The molecule has 8 nitrogen and oxygen atoms in total. The zero-order valence-electron chi connectivity index (χ0n) is 20.1. The third kappa shape index (κ3) is 7.97. The maximum Gasteiger partial charge on any atom is 0.268 e. The van der Waals surface area contributed by atoms with Gasteiger partial charge in [-0.05, 0) is 49.2 Å². The van der Waals surface area contributed by atoms with Gasteiger partial charge >= 0.3 is 0 Å². The number of hydrogen-bond acceptors (Lipinski definition) is 8. The van der Waals surface area contributed by atoms with Crippen LogP contribution in [0.4, 0.5) is 5.13 Å². The molecule has 0 bridgehead atoms. The molecule has 0 aliphatic heterocycles. The van der Waals surface area contributed by atoms with Crippen LogP contribution in [0.2, 0.25) is 5.02 Å². The summed E-state index contributed by atoms with van der Waals surface area (Å²) in [5, 5.41) is 21.7. The third-order valence-electron chi connectivity index (χ3n) is 4.78. The first kappa shape index (κ1) is 27.0. The average Bonchev–Trinajstić information content (AvgIpc) is 3.32. The van der Waals surface area contributed by atoms with Crippen LogP contribution in [0, 0.1) is 11.3 Å². The lowest BCUT2D eigenvalue weighted by molar-refractivity contribution is -0.112. The predicted molar refractivity (Wildman–Crippen MR) is 141 cm³/mol. The van der Waals surface area contributed by atoms with Crippen LogP contribution >= 0.6 is 22.9 Å². The standard InChI is InChI=1S/C26H27ClN4O4S/c1-3-5-11-23-30-31-26(36-23)29-25(32)19(17-28)14-18-15-21(27)24(22(16-18)33-4-2)35-13-12-34-20-9-7-6-8-10-20/h6-10,14-16H,3-5,11-13H2,1-2H3,(H,29,31,32)/b19-14-. The normalized spacial score (nSPS) is 11.0. The number of anilines is 1. The fraction of sp³-hybridized carbons (Fsp3) is 0.308. The Bertz CT molecular complexity index is 1220. The van der Waals surface area contributed by atoms with Crippen LogP contribution < -0.4 is 19.5 Å². The van der Waals surface area contributed by atoms with Gasteiger partial charge in [0.05, 0.1) is 11.6 Å². The molecule has 188 valence electrons. The van der Waals surface area contributed by atoms with E-state index in [1.807, 2.05) is 43.3 Å². The van der Waals surface area contributed by atoms with Gasteiger partial charge in [-0.3, -0.25) is 10.1 Å². The fourth-order valence-corrected chi connectivity index (χ4v) is 4.16. The number of benzene rings is 2. The quantitative estimate of drug-likeness (QED) is 0.167. The van der Waals surface area contributed by atoms with Gasteiger partial charge in [0.1, 0.15) is 35.6 Å². The Morgan fingerprint density at radius 3 is 2.64 bits per heavy atom. The van der Waals surface area contributed by atoms with E-state index in [9.17, 15) is 10.1 Å². The first-order chi connectivity index (χ1) is 17.5. The first-order valence-corrected chi connectivity index (χ1v) is 12.8. The summed E-state index contributed by atoms with van der Waals surface area (Å²) in [6.07, 6.45) is 4.27. The molecule has 36 heavy (non-hydrogen) atoms. The van der Waals surface area contributed by atoms with E-state index < -0.39 is 5.91 Å². The highest BCUT2D eigenvalue weighted by Gasteiger charge is 2.16. The molecule has 3 aromatic rings. The van der Waals surface area contributed by atoms with Crippen molar-refractivity contribution in [3.63, 3.8) is 0 Å². The number of carbonyl (C=O) groups excluding carboxylic acids is 1. The molecule has 0 aliphatic carbocycles. The van der Waals surface area contributed by atoms with Gasteiger partial charge in [-0.15, -0.1) is 10.2 Å². The summed E-state index contributed by atoms with van der Waals surface area (Å²) in [6.45, 7) is 4.87. The maximum absolute atomic E-state index is 12.7. The zero-order chi connectivity index (χ0) is 25.8. The monoisotopic (exact) mass is 526 g/mol. The molecule has 1 heterocycles. The van der Waals surface area contributed by atoms with Gasteiger partial charge in [-0.2, -0.15) is 5.26 Å². The number of unbranched alkanes of at least 4 members (excludes halogenated alkanes) is 1. The Kier molecular flexibility index (Phi) is 10.5. The number of hydrogen-bond donors (Lipinski definition) is 1. The van der Waals surface area contributed by atoms with Crippen molar-refractivity contribution in [2.24, 2.45) is 0 Å². The second kappa shape index (κ2) is 14.1. The summed E-state index contributed by atoms with van der Waals surface area (Å²) < 4.78 is 17.2. The number of rotatable bonds is 13. The van der Waals surface area contributed by atoms with Crippen LogP contribution in [-0.2, 0) is 11.2 Å². The molecule has 0 atom stereocenters. The highest BCUT2D eigenvalue weighted by Crippen LogP contribution is 2.37. The fourth-order valence-electron chi connectivity index (χ4n) is 3.11. The molecule has 3 rings (SSSR count). The predicted octanol–water partition coefficient (Wildman–Crippen LogP) is 5.94. The number of halogens is 1. The molecule has 1 N–H and O–H groups in total. The molecule has 0 unspecified atom stereocenters. The van der Waals surface area contributed by atoms with Gasteiger partial charge in [0, 0.05) is 6.42 Å². The largest absolute Gasteiger partial charge is 0.490 e. The number of carbonyl (C=O) groups is 1. The van der Waals surface area contributed by atoms with Gasteiger partial charge in [0.25, 0.3) is 5.91 Å². The Hall–Kier alpha value is -3.61. The number of nitrogens with zero attached hydrogens (tertiary/aromatic N) is 3. The van der Waals surface area contributed by atoms with E-state index in [1.54, 1.807) is 12.1 Å². The molecule has 0 fully saturated rings. The van der Waals surface area contributed by atoms with Crippen LogP contribution in [0.5, 0.6) is 17.2 Å². The summed E-state index contributed by atoms with van der Waals surface area (Å²) in [4.78, 5) is 12.7. The van der Waals surface area contributed by atoms with Crippen molar-refractivity contribution in [2.75, 3.05) is 25.1 Å². The lowest BCUT2D eigenvalue weighted by atomic mass is 10.1. The van der Waals surface area contributed by atoms with Gasteiger partial charge in [0.15, 0.2) is 11.5 Å². The maximum atomic E-state index is 12.7. The average molecular weight is 527 g/mol. The van der Waals surface area contributed by atoms with Crippen molar-refractivity contribution < 1.29 is 19.0 Å². The van der Waals surface area contributed by atoms with E-state index >= 15 is 0 Å². The van der Waals surface area contributed by atoms with Gasteiger partial charge in [-0.1, -0.05) is 54.5 Å². The molecule has 0 radical (unpaired) electrons. The molecule has 2 aromatic carbocycles. The number of aromatic nitrogens is 2. The Labute approximate surface area is 219 Å². The first-order valence-electron chi connectivity index (χ1n) is 11.6. The van der Waals surface area contributed by atoms with Crippen molar-refractivity contribution in [1.82, 2.24) is 10.2 Å². The highest BCUT2D eigenvalue weighted by atomic mass is 35.5. The zero-order valence-corrected chi connectivity index (χ0v) is 21.7. The second-order valence-corrected chi connectivity index (χ2v) is 8.97. The summed E-state index contributed by atoms with van der Waals surface area (Å²) in [7, 11) is 0. The third-order valence-corrected chi connectivity index (χ3v) is 5.96. The summed E-state index contributed by atoms with van der Waals surface area (Å²) in [5.41, 5.74) is 0.410. The minimum absolute atomic E-state index is 0.108. The van der Waals surface area contributed by atoms with E-state index in [1.165, 1.54) is 17.4 Å². The summed E-state index contributed by atoms with van der Waals surface area (Å²) in [5.74, 6) is 0.927. The molecular formula is C26H27ClN4O4S. The Balaban J connectivity index is 1.69.